The second-order valence-electron chi connectivity index (χ2n) is 1.24. The number of alkyl halides is 1. The molecule has 0 nitrogen and oxygen atoms in total. The van der Waals surface area contributed by atoms with Gasteiger partial charge in [0.15, 0.2) is 0 Å². The summed E-state index contributed by atoms with van der Waals surface area (Å²) in [6, 6.07) is 0. The van der Waals surface area contributed by atoms with Gasteiger partial charge in [0.05, 0.1) is 0 Å². The van der Waals surface area contributed by atoms with Crippen LogP contribution in [0, 0.1) is 0 Å². The fraction of sp³-hybridized carbons (Fsp3) is 0.600. The molecule has 0 radical (unpaired) electrons. The molecule has 0 saturated carbocycles. The summed E-state index contributed by atoms with van der Waals surface area (Å²) in [6.07, 6.45) is 0.760. The highest BCUT2D eigenvalue weighted by Gasteiger charge is 1.81. The van der Waals surface area contributed by atoms with Crippen LogP contribution in [0.4, 0.5) is 4.39 Å². The van der Waals surface area contributed by atoms with E-state index in [2.05, 4.69) is 6.58 Å². The summed E-state index contributed by atoms with van der Waals surface area (Å²) in [6.45, 7) is 4.94. The number of rotatable bonds is 2. The van der Waals surface area contributed by atoms with Crippen molar-refractivity contribution < 1.29 is 4.39 Å². The quantitative estimate of drug-likeness (QED) is 0.452. The van der Waals surface area contributed by atoms with Gasteiger partial charge < -0.3 is 0 Å². The fourth-order valence-electron chi connectivity index (χ4n) is 0.0945. The predicted molar refractivity (Wildman–Crippen MR) is 25.4 cm³/mol. The van der Waals surface area contributed by atoms with Crippen molar-refractivity contribution in [1.82, 2.24) is 0 Å². The second-order valence-corrected chi connectivity index (χ2v) is 1.24. The Morgan fingerprint density at radius 1 is 1.83 bits per heavy atom. The molecule has 36 valence electrons. The highest BCUT2D eigenvalue weighted by Crippen LogP contribution is 1.93. The van der Waals surface area contributed by atoms with Gasteiger partial charge in [-0.05, 0) is 12.0 Å². The van der Waals surface area contributed by atoms with Gasteiger partial charge in [0.2, 0.25) is 0 Å². The molecule has 0 unspecified atom stereocenters. The molecule has 0 aliphatic rings. The molecule has 1 heteroatoms. The molecule has 0 aliphatic carbocycles. The van der Waals surface area contributed by atoms with Crippen LogP contribution in [-0.4, -0.2) is 6.67 Å². The largest absolute Gasteiger partial charge is 0.246 e. The molecule has 0 bridgehead atoms. The minimum atomic E-state index is -0.365. The van der Waals surface area contributed by atoms with Gasteiger partial charge in [-0.15, -0.1) is 0 Å². The van der Waals surface area contributed by atoms with Crippen LogP contribution in [0.3, 0.4) is 0 Å². The van der Waals surface area contributed by atoms with Crippen LogP contribution < -0.4 is 0 Å². The van der Waals surface area contributed by atoms with Crippen molar-refractivity contribution in [2.75, 3.05) is 6.67 Å². The van der Waals surface area contributed by atoms with Crippen LogP contribution in [0.25, 0.3) is 0 Å². The van der Waals surface area contributed by atoms with Gasteiger partial charge in [0.1, 0.15) is 6.67 Å². The van der Waals surface area contributed by atoms with E-state index in [1.807, 2.05) is 6.92 Å². The zero-order chi connectivity index (χ0) is 4.99. The molecule has 0 saturated heterocycles. The standard InChI is InChI=1S/C5H9F/c1-3-5(2)4-6/h2-4H2,1H3. The summed E-state index contributed by atoms with van der Waals surface area (Å²) in [5, 5.41) is 0. The maximum atomic E-state index is 11.3. The highest BCUT2D eigenvalue weighted by atomic mass is 19.1. The monoisotopic (exact) mass is 88.1 g/mol. The Bertz CT molecular complexity index is 41.9. The number of allylic oxidation sites excluding steroid dienone is 1. The van der Waals surface area contributed by atoms with Crippen LogP contribution in [0.2, 0.25) is 0 Å². The van der Waals surface area contributed by atoms with Gasteiger partial charge in [-0.2, -0.15) is 0 Å². The molecular formula is C5H9F. The Kier molecular flexibility index (Phi) is 2.73. The van der Waals surface area contributed by atoms with E-state index >= 15 is 0 Å². The minimum absolute atomic E-state index is 0.365. The fourth-order valence-corrected chi connectivity index (χ4v) is 0.0945. The van der Waals surface area contributed by atoms with Gasteiger partial charge in [0, 0.05) is 0 Å². The topological polar surface area (TPSA) is 0 Å². The summed E-state index contributed by atoms with van der Waals surface area (Å²) in [5.74, 6) is 0. The molecular weight excluding hydrogens is 79.1 g/mol. The van der Waals surface area contributed by atoms with Crippen molar-refractivity contribution in [3.8, 4) is 0 Å². The number of hydrogen-bond acceptors (Lipinski definition) is 0. The van der Waals surface area contributed by atoms with Crippen molar-refractivity contribution in [3.63, 3.8) is 0 Å². The lowest BCUT2D eigenvalue weighted by atomic mass is 10.3. The average Bonchev–Trinajstić information content (AvgIpc) is 1.65. The molecule has 0 aromatic carbocycles. The molecule has 0 rings (SSSR count). The van der Waals surface area contributed by atoms with E-state index < -0.39 is 0 Å². The summed E-state index contributed by atoms with van der Waals surface area (Å²) < 4.78 is 11.3. The van der Waals surface area contributed by atoms with Crippen LogP contribution in [0.1, 0.15) is 13.3 Å². The first kappa shape index (κ1) is 5.67. The van der Waals surface area contributed by atoms with E-state index in [1.54, 1.807) is 0 Å². The Hall–Kier alpha value is -0.330. The molecule has 6 heavy (non-hydrogen) atoms. The number of halogens is 1. The molecule has 0 N–H and O–H groups in total. The van der Waals surface area contributed by atoms with E-state index in [1.165, 1.54) is 0 Å². The van der Waals surface area contributed by atoms with Crippen molar-refractivity contribution >= 4 is 0 Å². The molecule has 0 fully saturated rings. The molecule has 0 aromatic heterocycles. The van der Waals surface area contributed by atoms with E-state index in [4.69, 9.17) is 0 Å². The normalized spacial score (nSPS) is 8.33. The van der Waals surface area contributed by atoms with Crippen molar-refractivity contribution in [2.24, 2.45) is 0 Å². The average molecular weight is 88.1 g/mol. The van der Waals surface area contributed by atoms with E-state index in [-0.39, 0.29) is 6.67 Å². The van der Waals surface area contributed by atoms with Crippen LogP contribution in [-0.2, 0) is 0 Å². The zero-order valence-corrected chi connectivity index (χ0v) is 4.00. The maximum absolute atomic E-state index is 11.3. The van der Waals surface area contributed by atoms with E-state index in [0.717, 1.165) is 6.42 Å². The van der Waals surface area contributed by atoms with Crippen LogP contribution >= 0.6 is 0 Å². The molecule has 0 aliphatic heterocycles. The lowest BCUT2D eigenvalue weighted by Gasteiger charge is -1.86. The van der Waals surface area contributed by atoms with Crippen molar-refractivity contribution in [1.29, 1.82) is 0 Å². The van der Waals surface area contributed by atoms with Gasteiger partial charge in [-0.3, -0.25) is 0 Å². The SMILES string of the molecule is C=C(CC)CF. The van der Waals surface area contributed by atoms with Gasteiger partial charge in [0.25, 0.3) is 0 Å². The van der Waals surface area contributed by atoms with Gasteiger partial charge >= 0.3 is 0 Å². The van der Waals surface area contributed by atoms with Crippen molar-refractivity contribution in [3.05, 3.63) is 12.2 Å². The zero-order valence-electron chi connectivity index (χ0n) is 4.00. The summed E-state index contributed by atoms with van der Waals surface area (Å²) >= 11 is 0. The van der Waals surface area contributed by atoms with Crippen molar-refractivity contribution in [2.45, 2.75) is 13.3 Å². The Morgan fingerprint density at radius 3 is 2.33 bits per heavy atom. The third kappa shape index (κ3) is 1.94. The van der Waals surface area contributed by atoms with Crippen LogP contribution in [0.15, 0.2) is 12.2 Å². The molecule has 0 heterocycles. The predicted octanol–water partition coefficient (Wildman–Crippen LogP) is 1.92. The molecule has 0 atom stereocenters. The summed E-state index contributed by atoms with van der Waals surface area (Å²) in [4.78, 5) is 0. The Morgan fingerprint density at radius 2 is 2.33 bits per heavy atom. The third-order valence-electron chi connectivity index (χ3n) is 0.689. The first-order valence-electron chi connectivity index (χ1n) is 2.04. The first-order valence-corrected chi connectivity index (χ1v) is 2.04. The Balaban J connectivity index is 2.99. The van der Waals surface area contributed by atoms with Crippen LogP contribution in [0.5, 0.6) is 0 Å². The van der Waals surface area contributed by atoms with E-state index in [0.29, 0.717) is 5.57 Å². The third-order valence-corrected chi connectivity index (χ3v) is 0.689. The maximum Gasteiger partial charge on any atom is 0.110 e. The first-order chi connectivity index (χ1) is 2.81. The van der Waals surface area contributed by atoms with Gasteiger partial charge in [-0.25, -0.2) is 4.39 Å². The van der Waals surface area contributed by atoms with E-state index in [9.17, 15) is 4.39 Å². The minimum Gasteiger partial charge on any atom is -0.246 e. The number of hydrogen-bond donors (Lipinski definition) is 0. The molecule has 0 spiro atoms. The summed E-state index contributed by atoms with van der Waals surface area (Å²) in [7, 11) is 0. The lowest BCUT2D eigenvalue weighted by Crippen LogP contribution is -1.75. The highest BCUT2D eigenvalue weighted by molar-refractivity contribution is 4.91. The molecule has 0 aromatic rings. The van der Waals surface area contributed by atoms with Gasteiger partial charge in [-0.1, -0.05) is 13.5 Å². The lowest BCUT2D eigenvalue weighted by molar-refractivity contribution is 0.536. The smallest absolute Gasteiger partial charge is 0.110 e. The second kappa shape index (κ2) is 2.88. The summed E-state index contributed by atoms with van der Waals surface area (Å²) in [5.41, 5.74) is 0.676. The Labute approximate surface area is 37.7 Å². The molecule has 0 amide bonds.